The summed E-state index contributed by atoms with van der Waals surface area (Å²) in [6, 6.07) is 8.50. The number of aromatic nitrogens is 1. The largest absolute Gasteiger partial charge is 0.452 e. The average molecular weight is 361 g/mol. The number of pyridine rings is 1. The Morgan fingerprint density at radius 3 is 2.64 bits per heavy atom. The van der Waals surface area contributed by atoms with E-state index in [1.165, 1.54) is 0 Å². The van der Waals surface area contributed by atoms with Crippen molar-refractivity contribution >= 4 is 34.4 Å². The van der Waals surface area contributed by atoms with Gasteiger partial charge in [-0.3, -0.25) is 4.79 Å². The number of benzene rings is 1. The molecule has 0 bridgehead atoms. The molecule has 1 aromatic heterocycles. The number of fused-ring (bicyclic) bond motifs is 1. The van der Waals surface area contributed by atoms with Crippen molar-refractivity contribution in [2.75, 3.05) is 19.7 Å². The molecule has 1 aliphatic rings. The standard InChI is InChI=1S/C19H21ClN2O3/c1-12-7-13(2)10-22(9-12)18(23)11-25-19(24)15-3-5-16-14(8-15)4-6-17(20)21-16/h3-6,8,12-13H,7,9-11H2,1-2H3. The first-order valence-corrected chi connectivity index (χ1v) is 8.81. The molecule has 2 unspecified atom stereocenters. The monoisotopic (exact) mass is 360 g/mol. The summed E-state index contributed by atoms with van der Waals surface area (Å²) < 4.78 is 5.21. The summed E-state index contributed by atoms with van der Waals surface area (Å²) >= 11 is 5.85. The van der Waals surface area contributed by atoms with Gasteiger partial charge in [0.2, 0.25) is 0 Å². The fourth-order valence-corrected chi connectivity index (χ4v) is 3.55. The zero-order valence-corrected chi connectivity index (χ0v) is 15.1. The number of ether oxygens (including phenoxy) is 1. The van der Waals surface area contributed by atoms with Crippen LogP contribution in [0, 0.1) is 11.8 Å². The highest BCUT2D eigenvalue weighted by Gasteiger charge is 2.26. The maximum atomic E-state index is 12.3. The van der Waals surface area contributed by atoms with Gasteiger partial charge in [-0.05, 0) is 48.6 Å². The van der Waals surface area contributed by atoms with E-state index in [-0.39, 0.29) is 12.5 Å². The highest BCUT2D eigenvalue weighted by Crippen LogP contribution is 2.21. The zero-order chi connectivity index (χ0) is 18.0. The maximum Gasteiger partial charge on any atom is 0.338 e. The summed E-state index contributed by atoms with van der Waals surface area (Å²) in [6.07, 6.45) is 1.12. The first-order chi connectivity index (χ1) is 11.9. The van der Waals surface area contributed by atoms with Crippen molar-refractivity contribution in [3.05, 3.63) is 41.0 Å². The predicted octanol–water partition coefficient (Wildman–Crippen LogP) is 3.55. The number of piperidine rings is 1. The van der Waals surface area contributed by atoms with Crippen molar-refractivity contribution in [2.45, 2.75) is 20.3 Å². The number of nitrogens with zero attached hydrogens (tertiary/aromatic N) is 2. The molecule has 1 aromatic carbocycles. The minimum atomic E-state index is -0.511. The van der Waals surface area contributed by atoms with E-state index in [1.54, 1.807) is 35.2 Å². The topological polar surface area (TPSA) is 59.5 Å². The number of likely N-dealkylation sites (tertiary alicyclic amines) is 1. The first-order valence-electron chi connectivity index (χ1n) is 8.43. The molecule has 1 fully saturated rings. The molecule has 3 rings (SSSR count). The molecule has 1 aliphatic heterocycles. The molecular formula is C19H21ClN2O3. The Balaban J connectivity index is 1.62. The first kappa shape index (κ1) is 17.7. The molecule has 1 amide bonds. The molecule has 6 heteroatoms. The van der Waals surface area contributed by atoms with Crippen molar-refractivity contribution in [3.8, 4) is 0 Å². The summed E-state index contributed by atoms with van der Waals surface area (Å²) in [4.78, 5) is 30.5. The number of hydrogen-bond donors (Lipinski definition) is 0. The molecule has 25 heavy (non-hydrogen) atoms. The zero-order valence-electron chi connectivity index (χ0n) is 14.4. The summed E-state index contributed by atoms with van der Waals surface area (Å²) in [5, 5.41) is 1.20. The SMILES string of the molecule is CC1CC(C)CN(C(=O)COC(=O)c2ccc3nc(Cl)ccc3c2)C1. The van der Waals surface area contributed by atoms with Gasteiger partial charge in [0.05, 0.1) is 11.1 Å². The maximum absolute atomic E-state index is 12.3. The van der Waals surface area contributed by atoms with Crippen LogP contribution in [0.3, 0.4) is 0 Å². The van der Waals surface area contributed by atoms with E-state index in [0.717, 1.165) is 24.9 Å². The number of hydrogen-bond acceptors (Lipinski definition) is 4. The number of halogens is 1. The van der Waals surface area contributed by atoms with Gasteiger partial charge in [0.15, 0.2) is 6.61 Å². The van der Waals surface area contributed by atoms with Crippen LogP contribution in [0.15, 0.2) is 30.3 Å². The van der Waals surface area contributed by atoms with Gasteiger partial charge in [0.25, 0.3) is 5.91 Å². The predicted molar refractivity (Wildman–Crippen MR) is 96.6 cm³/mol. The van der Waals surface area contributed by atoms with E-state index in [1.807, 2.05) is 0 Å². The van der Waals surface area contributed by atoms with Crippen LogP contribution in [-0.2, 0) is 9.53 Å². The highest BCUT2D eigenvalue weighted by atomic mass is 35.5. The van der Waals surface area contributed by atoms with Crippen molar-refractivity contribution in [3.63, 3.8) is 0 Å². The molecule has 0 N–H and O–H groups in total. The Bertz CT molecular complexity index is 798. The quantitative estimate of drug-likeness (QED) is 0.620. The number of esters is 1. The van der Waals surface area contributed by atoms with Gasteiger partial charge in [0, 0.05) is 18.5 Å². The van der Waals surface area contributed by atoms with Crippen molar-refractivity contribution in [1.29, 1.82) is 0 Å². The third kappa shape index (κ3) is 4.28. The van der Waals surface area contributed by atoms with Crippen LogP contribution < -0.4 is 0 Å². The van der Waals surface area contributed by atoms with Crippen LogP contribution in [0.5, 0.6) is 0 Å². The van der Waals surface area contributed by atoms with E-state index in [0.29, 0.717) is 28.1 Å². The molecule has 5 nitrogen and oxygen atoms in total. The van der Waals surface area contributed by atoms with Gasteiger partial charge >= 0.3 is 5.97 Å². The summed E-state index contributed by atoms with van der Waals surface area (Å²) in [7, 11) is 0. The van der Waals surface area contributed by atoms with E-state index in [4.69, 9.17) is 16.3 Å². The third-order valence-corrected chi connectivity index (χ3v) is 4.65. The lowest BCUT2D eigenvalue weighted by Crippen LogP contribution is -2.44. The molecule has 2 atom stereocenters. The molecule has 0 aliphatic carbocycles. The number of carbonyl (C=O) groups excluding carboxylic acids is 2. The average Bonchev–Trinajstić information content (AvgIpc) is 2.58. The molecule has 2 aromatic rings. The van der Waals surface area contributed by atoms with Crippen LogP contribution in [0.1, 0.15) is 30.6 Å². The molecule has 0 spiro atoms. The molecular weight excluding hydrogens is 340 g/mol. The highest BCUT2D eigenvalue weighted by molar-refractivity contribution is 6.29. The molecule has 0 radical (unpaired) electrons. The second-order valence-corrected chi connectivity index (χ2v) is 7.25. The van der Waals surface area contributed by atoms with E-state index in [9.17, 15) is 9.59 Å². The van der Waals surface area contributed by atoms with E-state index >= 15 is 0 Å². The number of rotatable bonds is 3. The Kier molecular flexibility index (Phi) is 5.23. The van der Waals surface area contributed by atoms with Crippen LogP contribution in [0.4, 0.5) is 0 Å². The number of carbonyl (C=O) groups is 2. The summed E-state index contributed by atoms with van der Waals surface area (Å²) in [6.45, 7) is 5.50. The van der Waals surface area contributed by atoms with Crippen LogP contribution in [-0.4, -0.2) is 41.5 Å². The fraction of sp³-hybridized carbons (Fsp3) is 0.421. The van der Waals surface area contributed by atoms with Crippen molar-refractivity contribution in [1.82, 2.24) is 9.88 Å². The second-order valence-electron chi connectivity index (χ2n) is 6.86. The molecule has 132 valence electrons. The fourth-order valence-electron chi connectivity index (χ4n) is 3.40. The molecule has 0 saturated carbocycles. The molecule has 2 heterocycles. The van der Waals surface area contributed by atoms with E-state index in [2.05, 4.69) is 18.8 Å². The van der Waals surface area contributed by atoms with Gasteiger partial charge in [0.1, 0.15) is 5.15 Å². The van der Waals surface area contributed by atoms with E-state index < -0.39 is 5.97 Å². The van der Waals surface area contributed by atoms with Gasteiger partial charge in [-0.25, -0.2) is 9.78 Å². The minimum absolute atomic E-state index is 0.138. The van der Waals surface area contributed by atoms with Gasteiger partial charge in [-0.15, -0.1) is 0 Å². The second kappa shape index (κ2) is 7.40. The van der Waals surface area contributed by atoms with Crippen molar-refractivity contribution in [2.24, 2.45) is 11.8 Å². The Morgan fingerprint density at radius 2 is 1.92 bits per heavy atom. The lowest BCUT2D eigenvalue weighted by atomic mass is 9.92. The lowest BCUT2D eigenvalue weighted by molar-refractivity contribution is -0.137. The Hall–Kier alpha value is -2.14. The van der Waals surface area contributed by atoms with Crippen LogP contribution in [0.2, 0.25) is 5.15 Å². The summed E-state index contributed by atoms with van der Waals surface area (Å²) in [5.41, 5.74) is 1.10. The minimum Gasteiger partial charge on any atom is -0.452 e. The Labute approximate surface area is 151 Å². The van der Waals surface area contributed by atoms with Crippen LogP contribution >= 0.6 is 11.6 Å². The normalized spacial score (nSPS) is 20.5. The molecule has 1 saturated heterocycles. The van der Waals surface area contributed by atoms with Gasteiger partial charge < -0.3 is 9.64 Å². The Morgan fingerprint density at radius 1 is 1.20 bits per heavy atom. The van der Waals surface area contributed by atoms with Crippen LogP contribution in [0.25, 0.3) is 10.9 Å². The third-order valence-electron chi connectivity index (χ3n) is 4.44. The smallest absolute Gasteiger partial charge is 0.338 e. The van der Waals surface area contributed by atoms with Crippen molar-refractivity contribution < 1.29 is 14.3 Å². The van der Waals surface area contributed by atoms with Gasteiger partial charge in [-0.2, -0.15) is 0 Å². The lowest BCUT2D eigenvalue weighted by Gasteiger charge is -2.34. The number of amides is 1. The van der Waals surface area contributed by atoms with Gasteiger partial charge in [-0.1, -0.05) is 25.4 Å². The summed E-state index contributed by atoms with van der Waals surface area (Å²) in [5.74, 6) is 0.302.